The second-order valence-electron chi connectivity index (χ2n) is 8.25. The number of methoxy groups -OCH3 is 2. The Labute approximate surface area is 217 Å². The number of benzene rings is 3. The van der Waals surface area contributed by atoms with Crippen LogP contribution in [0.3, 0.4) is 0 Å². The van der Waals surface area contributed by atoms with Crippen LogP contribution < -0.4 is 19.1 Å². The van der Waals surface area contributed by atoms with Gasteiger partial charge in [-0.05, 0) is 43.7 Å². The predicted octanol–water partition coefficient (Wildman–Crippen LogP) is 4.57. The summed E-state index contributed by atoms with van der Waals surface area (Å²) < 4.78 is 39.1. The van der Waals surface area contributed by atoms with Gasteiger partial charge in [0.05, 0.1) is 24.8 Å². The largest absolute Gasteiger partial charge is 0.497 e. The zero-order valence-corrected chi connectivity index (χ0v) is 22.6. The summed E-state index contributed by atoms with van der Waals surface area (Å²) in [6.07, 6.45) is 0. The molecule has 0 aliphatic rings. The van der Waals surface area contributed by atoms with Crippen LogP contribution in [0.5, 0.6) is 11.5 Å². The number of nitrogens with zero attached hydrogens (tertiary/aromatic N) is 1. The van der Waals surface area contributed by atoms with Gasteiger partial charge >= 0.3 is 0 Å². The first-order valence-electron chi connectivity index (χ1n) is 11.5. The molecular weight excluding hydrogens is 496 g/mol. The number of sulfonamides is 1. The normalized spacial score (nSPS) is 11.1. The van der Waals surface area contributed by atoms with Crippen LogP contribution in [0.2, 0.25) is 0 Å². The molecule has 3 aromatic rings. The third-order valence-corrected chi connectivity index (χ3v) is 8.27. The number of ether oxygens (including phenoxy) is 2. The molecule has 0 aliphatic carbocycles. The zero-order valence-electron chi connectivity index (χ0n) is 21.0. The molecule has 7 nitrogen and oxygen atoms in total. The smallest absolute Gasteiger partial charge is 0.264 e. The number of anilines is 1. The molecule has 3 rings (SSSR count). The van der Waals surface area contributed by atoms with Crippen molar-refractivity contribution in [1.29, 1.82) is 0 Å². The molecule has 0 saturated heterocycles. The number of rotatable bonds is 12. The first kappa shape index (κ1) is 27.4. The van der Waals surface area contributed by atoms with Gasteiger partial charge in [-0.1, -0.05) is 47.5 Å². The van der Waals surface area contributed by atoms with Crippen LogP contribution in [0.15, 0.2) is 71.6 Å². The van der Waals surface area contributed by atoms with Crippen molar-refractivity contribution < 1.29 is 22.7 Å². The fourth-order valence-corrected chi connectivity index (χ4v) is 5.80. The van der Waals surface area contributed by atoms with E-state index in [4.69, 9.17) is 9.47 Å². The zero-order chi connectivity index (χ0) is 26.1. The molecule has 0 spiro atoms. The van der Waals surface area contributed by atoms with Gasteiger partial charge in [0.2, 0.25) is 5.91 Å². The lowest BCUT2D eigenvalue weighted by Gasteiger charge is -2.26. The van der Waals surface area contributed by atoms with Gasteiger partial charge in [-0.25, -0.2) is 8.42 Å². The van der Waals surface area contributed by atoms with Crippen LogP contribution in [0.1, 0.15) is 16.7 Å². The molecule has 36 heavy (non-hydrogen) atoms. The molecule has 0 aliphatic heterocycles. The Morgan fingerprint density at radius 3 is 2.36 bits per heavy atom. The standard InChI is InChI=1S/C27H32N2O5S2/c1-20-8-11-24(12-9-20)36(31,32)29(25-17-23(33-3)10-13-26(25)34-4)18-27(30)28-14-15-35-19-22-7-5-6-21(2)16-22/h5-13,16-17H,14-15,18-19H2,1-4H3,(H,28,30). The fraction of sp³-hybridized carbons (Fsp3) is 0.296. The monoisotopic (exact) mass is 528 g/mol. The average Bonchev–Trinajstić information content (AvgIpc) is 2.87. The molecule has 9 heteroatoms. The van der Waals surface area contributed by atoms with E-state index >= 15 is 0 Å². The maximum absolute atomic E-state index is 13.7. The van der Waals surface area contributed by atoms with E-state index in [0.29, 0.717) is 23.8 Å². The molecule has 0 fully saturated rings. The molecule has 1 amide bonds. The van der Waals surface area contributed by atoms with Crippen LogP contribution >= 0.6 is 11.8 Å². The van der Waals surface area contributed by atoms with Gasteiger partial charge in [0, 0.05) is 24.1 Å². The van der Waals surface area contributed by atoms with Gasteiger partial charge in [0.1, 0.15) is 18.0 Å². The number of hydrogen-bond acceptors (Lipinski definition) is 6. The molecule has 192 valence electrons. The van der Waals surface area contributed by atoms with Crippen LogP contribution in [-0.2, 0) is 20.6 Å². The molecule has 0 heterocycles. The van der Waals surface area contributed by atoms with Gasteiger partial charge in [-0.2, -0.15) is 11.8 Å². The van der Waals surface area contributed by atoms with Gasteiger partial charge < -0.3 is 14.8 Å². The molecule has 0 aromatic heterocycles. The number of carbonyl (C=O) groups is 1. The van der Waals surface area contributed by atoms with Gasteiger partial charge in [-0.15, -0.1) is 0 Å². The van der Waals surface area contributed by atoms with E-state index in [1.54, 1.807) is 42.1 Å². The van der Waals surface area contributed by atoms with Crippen LogP contribution in [0.25, 0.3) is 0 Å². The van der Waals surface area contributed by atoms with Gasteiger partial charge in [0.25, 0.3) is 10.0 Å². The average molecular weight is 529 g/mol. The van der Waals surface area contributed by atoms with E-state index in [2.05, 4.69) is 30.4 Å². The Balaban J connectivity index is 1.75. The number of aryl methyl sites for hydroxylation is 2. The van der Waals surface area contributed by atoms with Crippen molar-refractivity contribution in [2.75, 3.05) is 37.4 Å². The molecule has 3 aromatic carbocycles. The van der Waals surface area contributed by atoms with E-state index in [-0.39, 0.29) is 10.6 Å². The van der Waals surface area contributed by atoms with E-state index in [9.17, 15) is 13.2 Å². The third-order valence-electron chi connectivity index (χ3n) is 5.47. The van der Waals surface area contributed by atoms with E-state index < -0.39 is 22.5 Å². The highest BCUT2D eigenvalue weighted by molar-refractivity contribution is 7.98. The maximum Gasteiger partial charge on any atom is 0.264 e. The maximum atomic E-state index is 13.7. The minimum absolute atomic E-state index is 0.0829. The molecule has 0 atom stereocenters. The van der Waals surface area contributed by atoms with E-state index in [1.165, 1.54) is 37.5 Å². The summed E-state index contributed by atoms with van der Waals surface area (Å²) in [4.78, 5) is 13.0. The first-order chi connectivity index (χ1) is 17.2. The van der Waals surface area contributed by atoms with Gasteiger partial charge in [0.15, 0.2) is 0 Å². The molecule has 0 unspecified atom stereocenters. The Kier molecular flexibility index (Phi) is 9.66. The van der Waals surface area contributed by atoms with E-state index in [0.717, 1.165) is 15.6 Å². The Hall–Kier alpha value is -3.17. The minimum atomic E-state index is -4.07. The number of hydrogen-bond donors (Lipinski definition) is 1. The molecule has 0 bridgehead atoms. The number of thioether (sulfide) groups is 1. The van der Waals surface area contributed by atoms with Crippen LogP contribution in [0, 0.1) is 13.8 Å². The second kappa shape index (κ2) is 12.7. The number of nitrogens with one attached hydrogen (secondary N) is 1. The Bertz CT molecular complexity index is 1280. The van der Waals surface area contributed by atoms with Crippen LogP contribution in [0.4, 0.5) is 5.69 Å². The summed E-state index contributed by atoms with van der Waals surface area (Å²) in [5.41, 5.74) is 3.60. The predicted molar refractivity (Wildman–Crippen MR) is 146 cm³/mol. The Morgan fingerprint density at radius 1 is 0.944 bits per heavy atom. The number of amides is 1. The highest BCUT2D eigenvalue weighted by atomic mass is 32.2. The lowest BCUT2D eigenvalue weighted by atomic mass is 10.2. The van der Waals surface area contributed by atoms with Crippen molar-refractivity contribution in [2.45, 2.75) is 24.5 Å². The lowest BCUT2D eigenvalue weighted by molar-refractivity contribution is -0.119. The highest BCUT2D eigenvalue weighted by Gasteiger charge is 2.30. The minimum Gasteiger partial charge on any atom is -0.497 e. The summed E-state index contributed by atoms with van der Waals surface area (Å²) in [6.45, 7) is 3.96. The quantitative estimate of drug-likeness (QED) is 0.347. The van der Waals surface area contributed by atoms with Crippen molar-refractivity contribution in [3.63, 3.8) is 0 Å². The summed E-state index contributed by atoms with van der Waals surface area (Å²) in [5.74, 6) is 1.89. The van der Waals surface area contributed by atoms with Crippen molar-refractivity contribution in [1.82, 2.24) is 5.32 Å². The third kappa shape index (κ3) is 7.18. The van der Waals surface area contributed by atoms with Crippen molar-refractivity contribution >= 4 is 33.4 Å². The van der Waals surface area contributed by atoms with Crippen LogP contribution in [-0.4, -0.2) is 47.4 Å². The lowest BCUT2D eigenvalue weighted by Crippen LogP contribution is -2.41. The van der Waals surface area contributed by atoms with Crippen molar-refractivity contribution in [2.24, 2.45) is 0 Å². The summed E-state index contributed by atoms with van der Waals surface area (Å²) in [6, 6.07) is 19.7. The first-order valence-corrected chi connectivity index (χ1v) is 14.1. The molecular formula is C27H32N2O5S2. The van der Waals surface area contributed by atoms with Crippen molar-refractivity contribution in [3.8, 4) is 11.5 Å². The SMILES string of the molecule is COc1ccc(OC)c(N(CC(=O)NCCSCc2cccc(C)c2)S(=O)(=O)c2ccc(C)cc2)c1. The molecule has 0 radical (unpaired) electrons. The second-order valence-corrected chi connectivity index (χ2v) is 11.2. The summed E-state index contributed by atoms with van der Waals surface area (Å²) >= 11 is 1.70. The van der Waals surface area contributed by atoms with Crippen molar-refractivity contribution in [3.05, 3.63) is 83.4 Å². The summed E-state index contributed by atoms with van der Waals surface area (Å²) in [5, 5.41) is 2.84. The van der Waals surface area contributed by atoms with Gasteiger partial charge in [-0.3, -0.25) is 9.10 Å². The molecule has 1 N–H and O–H groups in total. The Morgan fingerprint density at radius 2 is 1.69 bits per heavy atom. The molecule has 0 saturated carbocycles. The fourth-order valence-electron chi connectivity index (χ4n) is 3.57. The summed E-state index contributed by atoms with van der Waals surface area (Å²) in [7, 11) is -1.12. The van der Waals surface area contributed by atoms with E-state index in [1.807, 2.05) is 13.0 Å². The topological polar surface area (TPSA) is 84.9 Å². The number of carbonyl (C=O) groups excluding carboxylic acids is 1. The highest BCUT2D eigenvalue weighted by Crippen LogP contribution is 2.35.